The molecule has 12 rings (SSSR count). The van der Waals surface area contributed by atoms with Crippen LogP contribution in [0.2, 0.25) is 0 Å². The van der Waals surface area contributed by atoms with Gasteiger partial charge in [-0.05, 0) is 116 Å². The van der Waals surface area contributed by atoms with Crippen molar-refractivity contribution < 1.29 is 4.74 Å². The summed E-state index contributed by atoms with van der Waals surface area (Å²) in [6.45, 7) is 21.1. The van der Waals surface area contributed by atoms with Crippen LogP contribution in [0.15, 0.2) is 200 Å². The van der Waals surface area contributed by atoms with Crippen LogP contribution in [0.3, 0.4) is 0 Å². The molecule has 0 aliphatic carbocycles. The Morgan fingerprint density at radius 1 is 0.459 bits per heavy atom. The number of pyridine rings is 1. The lowest BCUT2D eigenvalue weighted by Gasteiger charge is -2.29. The van der Waals surface area contributed by atoms with Gasteiger partial charge in [0.25, 0.3) is 0 Å². The molecule has 11 aromatic rings. The van der Waals surface area contributed by atoms with Gasteiger partial charge in [0.1, 0.15) is 24.0 Å². The predicted molar refractivity (Wildman–Crippen MR) is 315 cm³/mol. The number of para-hydroxylation sites is 3. The van der Waals surface area contributed by atoms with Crippen molar-refractivity contribution >= 4 is 65.3 Å². The molecular weight excluding hydrogens is 921 g/mol. The number of hydrogen-bond acceptors (Lipinski definition) is 5. The van der Waals surface area contributed by atoms with E-state index in [4.69, 9.17) is 9.72 Å². The van der Waals surface area contributed by atoms with Crippen molar-refractivity contribution in [3.8, 4) is 50.7 Å². The third-order valence-electron chi connectivity index (χ3n) is 14.8. The zero-order chi connectivity index (χ0) is 51.1. The van der Waals surface area contributed by atoms with Crippen molar-refractivity contribution in [1.29, 1.82) is 0 Å². The maximum atomic E-state index is 7.12. The van der Waals surface area contributed by atoms with E-state index < -0.39 is 0 Å². The van der Waals surface area contributed by atoms with Crippen molar-refractivity contribution in [3.05, 3.63) is 217 Å². The van der Waals surface area contributed by atoms with E-state index >= 15 is 0 Å². The summed E-state index contributed by atoms with van der Waals surface area (Å²) >= 11 is 1.84. The highest BCUT2D eigenvalue weighted by Crippen LogP contribution is 2.52. The number of fused-ring (bicyclic) bond motifs is 6. The molecule has 0 amide bonds. The van der Waals surface area contributed by atoms with Crippen LogP contribution in [-0.2, 0) is 16.2 Å². The number of anilines is 4. The fourth-order valence-corrected chi connectivity index (χ4v) is 11.9. The minimum absolute atomic E-state index is 0.0105. The molecule has 0 atom stereocenters. The lowest BCUT2D eigenvalue weighted by atomic mass is 9.85. The Hall–Kier alpha value is -7.93. The first-order chi connectivity index (χ1) is 35.6. The topological polar surface area (TPSA) is 33.5 Å². The summed E-state index contributed by atoms with van der Waals surface area (Å²) in [5, 5.41) is 2.41. The van der Waals surface area contributed by atoms with Gasteiger partial charge in [0.2, 0.25) is 0 Å². The highest BCUT2D eigenvalue weighted by Gasteiger charge is 2.33. The highest BCUT2D eigenvalue weighted by atomic mass is 32.1. The van der Waals surface area contributed by atoms with Gasteiger partial charge in [-0.15, -0.1) is 11.3 Å². The molecule has 0 saturated carbocycles. The summed E-state index contributed by atoms with van der Waals surface area (Å²) < 4.78 is 12.0. The average Bonchev–Trinajstić information content (AvgIpc) is 4.07. The smallest absolute Gasteiger partial charge is 0.137 e. The fourth-order valence-electron chi connectivity index (χ4n) is 10.7. The molecule has 1 aliphatic rings. The third kappa shape index (κ3) is 8.51. The number of hydrogen-bond donors (Lipinski definition) is 0. The largest absolute Gasteiger partial charge is 0.457 e. The molecule has 0 fully saturated rings. The molecule has 1 aliphatic heterocycles. The maximum Gasteiger partial charge on any atom is 0.137 e. The summed E-state index contributed by atoms with van der Waals surface area (Å²) in [4.78, 5) is 10.0. The molecule has 0 N–H and O–H groups in total. The zero-order valence-electron chi connectivity index (χ0n) is 43.9. The SMILES string of the molecule is CC(C)(C)c1cccc(-c2cccc(-c3cccc(-c4ccccc4)c3)c2N2CN(c3cc(Oc4ccc5c6sc7ccccc7c6n(-c6cc(C(C)(C)C)ccn6)c5c4)cc(C(C)(C)C)c3)c3ccccc32)c1. The van der Waals surface area contributed by atoms with Crippen LogP contribution < -0.4 is 14.5 Å². The van der Waals surface area contributed by atoms with Crippen molar-refractivity contribution in [2.24, 2.45) is 0 Å². The Balaban J connectivity index is 0.988. The molecule has 8 aromatic carbocycles. The minimum Gasteiger partial charge on any atom is -0.457 e. The molecule has 0 unspecified atom stereocenters. The number of benzene rings is 8. The fraction of sp³-hybridized carbons (Fsp3) is 0.191. The van der Waals surface area contributed by atoms with E-state index in [2.05, 4.69) is 271 Å². The van der Waals surface area contributed by atoms with Gasteiger partial charge in [0.15, 0.2) is 0 Å². The molecule has 5 nitrogen and oxygen atoms in total. The number of nitrogens with zero attached hydrogens (tertiary/aromatic N) is 4. The van der Waals surface area contributed by atoms with Crippen LogP contribution in [0.1, 0.15) is 79.0 Å². The van der Waals surface area contributed by atoms with Gasteiger partial charge in [-0.3, -0.25) is 4.57 Å². The third-order valence-corrected chi connectivity index (χ3v) is 16.0. The Kier molecular flexibility index (Phi) is 11.4. The van der Waals surface area contributed by atoms with Crippen LogP contribution >= 0.6 is 11.3 Å². The predicted octanol–water partition coefficient (Wildman–Crippen LogP) is 19.3. The number of aromatic nitrogens is 2. The van der Waals surface area contributed by atoms with Crippen LogP contribution in [0.4, 0.5) is 22.7 Å². The van der Waals surface area contributed by atoms with Crippen molar-refractivity contribution in [1.82, 2.24) is 9.55 Å². The average molecular weight is 983 g/mol. The quantitative estimate of drug-likeness (QED) is 0.152. The molecule has 4 heterocycles. The van der Waals surface area contributed by atoms with Gasteiger partial charge < -0.3 is 14.5 Å². The summed E-state index contributed by atoms with van der Waals surface area (Å²) in [6.07, 6.45) is 1.95. The zero-order valence-corrected chi connectivity index (χ0v) is 44.7. The first-order valence-corrected chi connectivity index (χ1v) is 26.7. The molecule has 6 heteroatoms. The van der Waals surface area contributed by atoms with E-state index in [0.29, 0.717) is 6.67 Å². The molecule has 0 saturated heterocycles. The van der Waals surface area contributed by atoms with Crippen LogP contribution in [-0.4, -0.2) is 16.2 Å². The van der Waals surface area contributed by atoms with E-state index in [0.717, 1.165) is 39.9 Å². The van der Waals surface area contributed by atoms with Crippen LogP contribution in [0.5, 0.6) is 11.5 Å². The van der Waals surface area contributed by atoms with Crippen LogP contribution in [0, 0.1) is 0 Å². The lowest BCUT2D eigenvalue weighted by molar-refractivity contribution is 0.479. The van der Waals surface area contributed by atoms with E-state index in [1.165, 1.54) is 81.4 Å². The first kappa shape index (κ1) is 47.1. The second-order valence-corrected chi connectivity index (χ2v) is 24.0. The van der Waals surface area contributed by atoms with Gasteiger partial charge in [-0.2, -0.15) is 0 Å². The summed E-state index contributed by atoms with van der Waals surface area (Å²) in [5.74, 6) is 2.47. The number of rotatable bonds is 8. The van der Waals surface area contributed by atoms with E-state index in [-0.39, 0.29) is 16.2 Å². The van der Waals surface area contributed by atoms with Gasteiger partial charge in [0, 0.05) is 50.6 Å². The van der Waals surface area contributed by atoms with Crippen molar-refractivity contribution in [2.45, 2.75) is 78.6 Å². The summed E-state index contributed by atoms with van der Waals surface area (Å²) in [5.41, 5.74) is 17.4. The Morgan fingerprint density at radius 3 is 1.82 bits per heavy atom. The van der Waals surface area contributed by atoms with E-state index in [1.807, 2.05) is 17.5 Å². The molecule has 74 heavy (non-hydrogen) atoms. The van der Waals surface area contributed by atoms with Gasteiger partial charge in [-0.25, -0.2) is 4.98 Å². The Morgan fingerprint density at radius 2 is 1.08 bits per heavy atom. The second kappa shape index (κ2) is 17.9. The minimum atomic E-state index is -0.164. The Bertz CT molecular complexity index is 3940. The molecular formula is C68H62N4OS. The van der Waals surface area contributed by atoms with E-state index in [1.54, 1.807) is 0 Å². The van der Waals surface area contributed by atoms with Crippen LogP contribution in [0.25, 0.3) is 70.4 Å². The normalized spacial score (nSPS) is 13.1. The van der Waals surface area contributed by atoms with E-state index in [9.17, 15) is 0 Å². The molecule has 0 spiro atoms. The van der Waals surface area contributed by atoms with Crippen molar-refractivity contribution in [2.75, 3.05) is 16.5 Å². The van der Waals surface area contributed by atoms with Crippen molar-refractivity contribution in [3.63, 3.8) is 0 Å². The standard InChI is InChI=1S/C68H62N4OS/c1-66(2,3)48-25-18-24-47(37-48)55-28-19-27-54(46-23-17-22-45(36-46)44-20-11-10-12-21-44)63(55)71-43-70(58-29-14-15-30-59(58)71)51-38-50(68(7,8)9)39-53(41-51)73-52-32-33-56-60(42-52)72(62-40-49(34-35-69-62)67(4,5)6)64-57-26-13-16-31-61(57)74-65(56)64/h10-42H,43H2,1-9H3. The lowest BCUT2D eigenvalue weighted by Crippen LogP contribution is -2.25. The molecule has 366 valence electrons. The van der Waals surface area contributed by atoms with Gasteiger partial charge in [-0.1, -0.05) is 184 Å². The van der Waals surface area contributed by atoms with Gasteiger partial charge >= 0.3 is 0 Å². The number of ether oxygens (including phenoxy) is 1. The molecule has 0 radical (unpaired) electrons. The second-order valence-electron chi connectivity index (χ2n) is 23.0. The van der Waals surface area contributed by atoms with Gasteiger partial charge in [0.05, 0.1) is 32.8 Å². The Labute approximate surface area is 440 Å². The molecule has 3 aromatic heterocycles. The molecule has 0 bridgehead atoms. The summed E-state index contributed by atoms with van der Waals surface area (Å²) in [6, 6.07) is 71.0. The number of thiophene rings is 1. The first-order valence-electron chi connectivity index (χ1n) is 25.9. The maximum absolute atomic E-state index is 7.12. The summed E-state index contributed by atoms with van der Waals surface area (Å²) in [7, 11) is 0. The monoisotopic (exact) mass is 982 g/mol. The highest BCUT2D eigenvalue weighted by molar-refractivity contribution is 7.26.